The number of hydrogen-bond acceptors (Lipinski definition) is 4. The average Bonchev–Trinajstić information content (AvgIpc) is 3.30. The molecular formula is C20H23N3O3. The predicted molar refractivity (Wildman–Crippen MR) is 94.2 cm³/mol. The summed E-state index contributed by atoms with van der Waals surface area (Å²) in [7, 11) is 1.79. The van der Waals surface area contributed by atoms with Crippen LogP contribution < -0.4 is 0 Å². The molecule has 2 amide bonds. The molecule has 6 nitrogen and oxygen atoms in total. The summed E-state index contributed by atoms with van der Waals surface area (Å²) < 4.78 is 6.11. The Labute approximate surface area is 152 Å². The average molecular weight is 353 g/mol. The Morgan fingerprint density at radius 1 is 1.27 bits per heavy atom. The van der Waals surface area contributed by atoms with Crippen molar-refractivity contribution in [2.24, 2.45) is 11.8 Å². The highest BCUT2D eigenvalue weighted by atomic mass is 16.5. The fourth-order valence-corrected chi connectivity index (χ4v) is 5.25. The number of carbonyl (C=O) groups excluding carboxylic acids is 2. The van der Waals surface area contributed by atoms with Gasteiger partial charge < -0.3 is 14.5 Å². The third-order valence-electron chi connectivity index (χ3n) is 6.56. The molecule has 3 fully saturated rings. The second-order valence-electron chi connectivity index (χ2n) is 7.97. The lowest BCUT2D eigenvalue weighted by Crippen LogP contribution is -2.48. The Bertz CT molecular complexity index is 772. The molecule has 2 bridgehead atoms. The van der Waals surface area contributed by atoms with Gasteiger partial charge in [-0.1, -0.05) is 12.2 Å². The summed E-state index contributed by atoms with van der Waals surface area (Å²) in [5.74, 6) is -0.114. The van der Waals surface area contributed by atoms with E-state index in [4.69, 9.17) is 4.74 Å². The highest BCUT2D eigenvalue weighted by Gasteiger charge is 2.66. The molecule has 0 radical (unpaired) electrons. The fraction of sp³-hybridized carbons (Fsp3) is 0.550. The van der Waals surface area contributed by atoms with Gasteiger partial charge in [0, 0.05) is 32.5 Å². The van der Waals surface area contributed by atoms with Crippen LogP contribution >= 0.6 is 0 Å². The normalized spacial score (nSPS) is 36.0. The van der Waals surface area contributed by atoms with E-state index >= 15 is 0 Å². The van der Waals surface area contributed by atoms with Gasteiger partial charge in [0.2, 0.25) is 11.8 Å². The minimum atomic E-state index is -0.577. The van der Waals surface area contributed by atoms with Crippen molar-refractivity contribution in [1.29, 1.82) is 0 Å². The van der Waals surface area contributed by atoms with Gasteiger partial charge in [-0.15, -0.1) is 0 Å². The van der Waals surface area contributed by atoms with Crippen molar-refractivity contribution in [1.82, 2.24) is 14.8 Å². The number of aromatic nitrogens is 1. The number of carbonyl (C=O) groups is 2. The van der Waals surface area contributed by atoms with Crippen LogP contribution in [0.3, 0.4) is 0 Å². The molecule has 6 heteroatoms. The number of nitrogens with zero attached hydrogens (tertiary/aromatic N) is 3. The van der Waals surface area contributed by atoms with Crippen LogP contribution in [0, 0.1) is 11.8 Å². The lowest BCUT2D eigenvalue weighted by molar-refractivity contribution is -0.143. The van der Waals surface area contributed by atoms with Gasteiger partial charge in [0.05, 0.1) is 24.5 Å². The van der Waals surface area contributed by atoms with E-state index in [1.54, 1.807) is 11.9 Å². The highest BCUT2D eigenvalue weighted by Crippen LogP contribution is 2.52. The molecule has 5 rings (SSSR count). The van der Waals surface area contributed by atoms with Crippen molar-refractivity contribution in [3.05, 3.63) is 42.2 Å². The van der Waals surface area contributed by atoms with E-state index in [-0.39, 0.29) is 29.8 Å². The molecule has 4 atom stereocenters. The number of rotatable bonds is 2. The Morgan fingerprint density at radius 2 is 2.00 bits per heavy atom. The molecule has 0 aliphatic carbocycles. The molecule has 1 aromatic heterocycles. The third-order valence-corrected chi connectivity index (χ3v) is 6.56. The number of amides is 2. The zero-order valence-electron chi connectivity index (χ0n) is 14.9. The van der Waals surface area contributed by atoms with E-state index in [0.717, 1.165) is 25.9 Å². The first-order chi connectivity index (χ1) is 12.6. The quantitative estimate of drug-likeness (QED) is 0.750. The van der Waals surface area contributed by atoms with Crippen molar-refractivity contribution in [3.8, 4) is 0 Å². The number of piperidine rings is 1. The number of ether oxygens (including phenoxy) is 1. The number of likely N-dealkylation sites (N-methyl/N-ethyl adjacent to an activating group) is 1. The summed E-state index contributed by atoms with van der Waals surface area (Å²) in [6, 6.07) is 4.13. The number of likely N-dealkylation sites (tertiary alicyclic amines) is 2. The van der Waals surface area contributed by atoms with E-state index in [9.17, 15) is 9.59 Å². The van der Waals surface area contributed by atoms with Gasteiger partial charge in [0.1, 0.15) is 5.60 Å². The second-order valence-corrected chi connectivity index (χ2v) is 7.97. The summed E-state index contributed by atoms with van der Waals surface area (Å²) in [5.41, 5.74) is 0.719. The van der Waals surface area contributed by atoms with Crippen LogP contribution in [0.15, 0.2) is 36.7 Å². The van der Waals surface area contributed by atoms with Gasteiger partial charge in [-0.25, -0.2) is 0 Å². The molecule has 1 aromatic rings. The van der Waals surface area contributed by atoms with Crippen molar-refractivity contribution >= 4 is 11.8 Å². The maximum absolute atomic E-state index is 13.3. The molecule has 1 spiro atoms. The summed E-state index contributed by atoms with van der Waals surface area (Å²) >= 11 is 0. The van der Waals surface area contributed by atoms with Crippen LogP contribution in [0.25, 0.3) is 0 Å². The first kappa shape index (κ1) is 16.0. The van der Waals surface area contributed by atoms with Gasteiger partial charge in [0.25, 0.3) is 0 Å². The van der Waals surface area contributed by atoms with Gasteiger partial charge in [-0.05, 0) is 36.5 Å². The number of hydrogen-bond donors (Lipinski definition) is 0. The lowest BCUT2D eigenvalue weighted by Gasteiger charge is -2.35. The molecule has 3 saturated heterocycles. The topological polar surface area (TPSA) is 62.7 Å². The van der Waals surface area contributed by atoms with Crippen LogP contribution in [0.1, 0.15) is 24.3 Å². The van der Waals surface area contributed by atoms with E-state index in [2.05, 4.69) is 17.1 Å². The Morgan fingerprint density at radius 3 is 2.73 bits per heavy atom. The SMILES string of the molecule is CN1C[C@@]23C=C[C@@H](O2)[C@H](C(=O)N2CCC(c4ccncc4)CC2)[C@H]3C1=O. The second kappa shape index (κ2) is 5.64. The fourth-order valence-electron chi connectivity index (χ4n) is 5.25. The van der Waals surface area contributed by atoms with Crippen LogP contribution in [-0.2, 0) is 14.3 Å². The van der Waals surface area contributed by atoms with Crippen molar-refractivity contribution in [2.45, 2.75) is 30.5 Å². The van der Waals surface area contributed by atoms with E-state index in [1.165, 1.54) is 5.56 Å². The molecular weight excluding hydrogens is 330 g/mol. The van der Waals surface area contributed by atoms with Crippen molar-refractivity contribution in [2.75, 3.05) is 26.7 Å². The third kappa shape index (κ3) is 2.18. The van der Waals surface area contributed by atoms with E-state index < -0.39 is 5.60 Å². The molecule has 4 aliphatic heterocycles. The molecule has 136 valence electrons. The summed E-state index contributed by atoms with van der Waals surface area (Å²) in [4.78, 5) is 33.6. The van der Waals surface area contributed by atoms with Crippen LogP contribution in [0.4, 0.5) is 0 Å². The first-order valence-corrected chi connectivity index (χ1v) is 9.40. The van der Waals surface area contributed by atoms with Crippen LogP contribution in [0.5, 0.6) is 0 Å². The number of fused-ring (bicyclic) bond motifs is 1. The summed E-state index contributed by atoms with van der Waals surface area (Å²) in [5, 5.41) is 0. The van der Waals surface area contributed by atoms with E-state index in [0.29, 0.717) is 12.5 Å². The number of pyridine rings is 1. The van der Waals surface area contributed by atoms with Crippen LogP contribution in [0.2, 0.25) is 0 Å². The molecule has 0 unspecified atom stereocenters. The lowest BCUT2D eigenvalue weighted by atomic mass is 9.76. The van der Waals surface area contributed by atoms with Gasteiger partial charge in [0.15, 0.2) is 0 Å². The molecule has 0 N–H and O–H groups in total. The largest absolute Gasteiger partial charge is 0.360 e. The highest BCUT2D eigenvalue weighted by molar-refractivity contribution is 5.92. The minimum absolute atomic E-state index is 0.0434. The molecule has 26 heavy (non-hydrogen) atoms. The predicted octanol–water partition coefficient (Wildman–Crippen LogP) is 1.20. The standard InChI is InChI=1S/C20H23N3O3/c1-22-12-20-7-2-15(26-20)16(17(20)19(22)25)18(24)23-10-5-14(6-11-23)13-3-8-21-9-4-13/h2-4,7-9,14-17H,5-6,10-12H2,1H3/t15-,16+,17+,20-/m1/s1. The molecule has 0 aromatic carbocycles. The van der Waals surface area contributed by atoms with Crippen molar-refractivity contribution in [3.63, 3.8) is 0 Å². The first-order valence-electron chi connectivity index (χ1n) is 9.40. The van der Waals surface area contributed by atoms with E-state index in [1.807, 2.05) is 29.4 Å². The maximum Gasteiger partial charge on any atom is 0.229 e. The van der Waals surface area contributed by atoms with Gasteiger partial charge >= 0.3 is 0 Å². The van der Waals surface area contributed by atoms with Crippen molar-refractivity contribution < 1.29 is 14.3 Å². The zero-order chi connectivity index (χ0) is 17.9. The molecule has 5 heterocycles. The monoisotopic (exact) mass is 353 g/mol. The van der Waals surface area contributed by atoms with Crippen LogP contribution in [-0.4, -0.2) is 65.0 Å². The molecule has 0 saturated carbocycles. The Kier molecular flexibility index (Phi) is 3.47. The molecule has 4 aliphatic rings. The minimum Gasteiger partial charge on any atom is -0.360 e. The smallest absolute Gasteiger partial charge is 0.229 e. The van der Waals surface area contributed by atoms with Gasteiger partial charge in [-0.2, -0.15) is 0 Å². The zero-order valence-corrected chi connectivity index (χ0v) is 14.9. The summed E-state index contributed by atoms with van der Waals surface area (Å²) in [6.45, 7) is 2.03. The maximum atomic E-state index is 13.3. The van der Waals surface area contributed by atoms with Gasteiger partial charge in [-0.3, -0.25) is 14.6 Å². The Hall–Kier alpha value is -2.21. The Balaban J connectivity index is 1.31. The summed E-state index contributed by atoms with van der Waals surface area (Å²) in [6.07, 6.45) is 9.29.